The fraction of sp³-hybridized carbons (Fsp3) is 0.579. The van der Waals surface area contributed by atoms with Gasteiger partial charge in [-0.15, -0.1) is 0 Å². The highest BCUT2D eigenvalue weighted by molar-refractivity contribution is 6.07. The minimum atomic E-state index is -0.923. The van der Waals surface area contributed by atoms with Gasteiger partial charge in [0.2, 0.25) is 11.8 Å². The summed E-state index contributed by atoms with van der Waals surface area (Å²) in [6, 6.07) is 3.89. The Balaban J connectivity index is 1.69. The fourth-order valence-electron chi connectivity index (χ4n) is 4.48. The molecular weight excluding hydrogens is 348 g/mol. The summed E-state index contributed by atoms with van der Waals surface area (Å²) >= 11 is 0. The van der Waals surface area contributed by atoms with Crippen molar-refractivity contribution in [1.82, 2.24) is 14.9 Å². The summed E-state index contributed by atoms with van der Waals surface area (Å²) in [6.45, 7) is 1.60. The van der Waals surface area contributed by atoms with Crippen LogP contribution in [0.5, 0.6) is 0 Å². The number of nitrogens with two attached hydrogens (primary N) is 1. The third-order valence-electron chi connectivity index (χ3n) is 5.90. The Labute approximate surface area is 157 Å². The normalized spacial score (nSPS) is 30.6. The first-order valence-corrected chi connectivity index (χ1v) is 9.53. The molecule has 0 radical (unpaired) electrons. The first kappa shape index (κ1) is 18.1. The van der Waals surface area contributed by atoms with Gasteiger partial charge in [-0.25, -0.2) is 0 Å². The van der Waals surface area contributed by atoms with Crippen LogP contribution in [0.1, 0.15) is 50.8 Å². The number of likely N-dealkylation sites (tertiary alicyclic amines) is 1. The summed E-state index contributed by atoms with van der Waals surface area (Å²) in [5.74, 6) is -1.83. The average Bonchev–Trinajstić information content (AvgIpc) is 3.19. The van der Waals surface area contributed by atoms with Crippen LogP contribution >= 0.6 is 0 Å². The van der Waals surface area contributed by atoms with Gasteiger partial charge in [0.15, 0.2) is 6.10 Å². The number of pyridine rings is 1. The zero-order valence-corrected chi connectivity index (χ0v) is 15.3. The van der Waals surface area contributed by atoms with Gasteiger partial charge < -0.3 is 5.73 Å². The number of hydrogen-bond acceptors (Lipinski definition) is 6. The van der Waals surface area contributed by atoms with Crippen LogP contribution in [-0.4, -0.2) is 50.9 Å². The maximum Gasteiger partial charge on any atom is 0.261 e. The summed E-state index contributed by atoms with van der Waals surface area (Å²) in [5.41, 5.74) is 6.05. The van der Waals surface area contributed by atoms with Gasteiger partial charge in [-0.3, -0.25) is 29.1 Å². The van der Waals surface area contributed by atoms with Crippen molar-refractivity contribution in [2.75, 3.05) is 0 Å². The third kappa shape index (κ3) is 2.93. The van der Waals surface area contributed by atoms with Crippen LogP contribution in [0.15, 0.2) is 24.4 Å². The number of carbonyl (C=O) groups excluding carboxylic acids is 3. The molecule has 3 fully saturated rings. The summed E-state index contributed by atoms with van der Waals surface area (Å²) < 4.78 is 0. The maximum absolute atomic E-state index is 13.3. The second-order valence-corrected chi connectivity index (χ2v) is 7.53. The molecule has 0 spiro atoms. The molecule has 1 aromatic heterocycles. The Kier molecular flexibility index (Phi) is 4.69. The van der Waals surface area contributed by atoms with E-state index >= 15 is 0 Å². The number of carbonyl (C=O) groups is 3. The largest absolute Gasteiger partial charge is 0.368 e. The lowest BCUT2D eigenvalue weighted by atomic mass is 9.92. The molecule has 4 atom stereocenters. The van der Waals surface area contributed by atoms with Crippen molar-refractivity contribution >= 4 is 17.7 Å². The molecule has 3 aliphatic rings. The third-order valence-corrected chi connectivity index (χ3v) is 5.90. The fourth-order valence-corrected chi connectivity index (χ4v) is 4.48. The van der Waals surface area contributed by atoms with Crippen molar-refractivity contribution < 1.29 is 19.2 Å². The maximum atomic E-state index is 13.3. The van der Waals surface area contributed by atoms with Crippen molar-refractivity contribution in [3.05, 3.63) is 30.1 Å². The standard InChI is InChI=1S/C19H24N4O4/c1-11(17(20)24)23-15(13-9-5-6-10-21-13)14-16(27-23)19(26)22(18(14)25)12-7-3-2-4-8-12/h5-6,9-12,14-16H,2-4,7-8H2,1H3,(H2,20,24). The number of hydrogen-bond donors (Lipinski definition) is 1. The highest BCUT2D eigenvalue weighted by atomic mass is 16.7. The number of primary amides is 1. The van der Waals surface area contributed by atoms with Gasteiger partial charge in [-0.2, -0.15) is 5.06 Å². The molecule has 1 saturated carbocycles. The first-order chi connectivity index (χ1) is 13.0. The van der Waals surface area contributed by atoms with E-state index in [4.69, 9.17) is 10.6 Å². The molecule has 1 aliphatic carbocycles. The lowest BCUT2D eigenvalue weighted by Gasteiger charge is -2.33. The minimum absolute atomic E-state index is 0.0562. The molecule has 8 heteroatoms. The summed E-state index contributed by atoms with van der Waals surface area (Å²) in [5, 5.41) is 1.38. The molecule has 3 heterocycles. The van der Waals surface area contributed by atoms with Crippen molar-refractivity contribution in [3.63, 3.8) is 0 Å². The smallest absolute Gasteiger partial charge is 0.261 e. The van der Waals surface area contributed by atoms with Crippen molar-refractivity contribution in [2.24, 2.45) is 11.7 Å². The van der Waals surface area contributed by atoms with Crippen LogP contribution in [0.4, 0.5) is 0 Å². The van der Waals surface area contributed by atoms with E-state index in [0.29, 0.717) is 5.69 Å². The number of imide groups is 1. The second kappa shape index (κ2) is 7.01. The molecule has 0 aromatic carbocycles. The van der Waals surface area contributed by atoms with E-state index in [1.165, 1.54) is 9.96 Å². The van der Waals surface area contributed by atoms with Crippen LogP contribution in [0.2, 0.25) is 0 Å². The zero-order valence-electron chi connectivity index (χ0n) is 15.3. The van der Waals surface area contributed by atoms with Gasteiger partial charge in [-0.05, 0) is 31.9 Å². The van der Waals surface area contributed by atoms with Gasteiger partial charge >= 0.3 is 0 Å². The highest BCUT2D eigenvalue weighted by Crippen LogP contribution is 2.46. The predicted octanol–water partition coefficient (Wildman–Crippen LogP) is 0.930. The number of hydroxylamine groups is 2. The van der Waals surface area contributed by atoms with Gasteiger partial charge in [0.25, 0.3) is 5.91 Å². The molecule has 2 N–H and O–H groups in total. The van der Waals surface area contributed by atoms with Crippen LogP contribution in [0, 0.1) is 5.92 Å². The molecule has 0 bridgehead atoms. The summed E-state index contributed by atoms with van der Waals surface area (Å²) in [7, 11) is 0. The van der Waals surface area contributed by atoms with Crippen LogP contribution in [0.25, 0.3) is 0 Å². The molecule has 144 valence electrons. The number of rotatable bonds is 4. The lowest BCUT2D eigenvalue weighted by Crippen LogP contribution is -2.47. The molecule has 1 aromatic rings. The quantitative estimate of drug-likeness (QED) is 0.788. The molecule has 2 saturated heterocycles. The molecule has 2 aliphatic heterocycles. The zero-order chi connectivity index (χ0) is 19.1. The van der Waals surface area contributed by atoms with E-state index < -0.39 is 30.0 Å². The van der Waals surface area contributed by atoms with Crippen LogP contribution in [0.3, 0.4) is 0 Å². The van der Waals surface area contributed by atoms with Crippen molar-refractivity contribution in [1.29, 1.82) is 0 Å². The summed E-state index contributed by atoms with van der Waals surface area (Å²) in [6.07, 6.45) is 5.55. The number of fused-ring (bicyclic) bond motifs is 1. The Morgan fingerprint density at radius 1 is 1.22 bits per heavy atom. The van der Waals surface area contributed by atoms with Crippen molar-refractivity contribution in [3.8, 4) is 0 Å². The lowest BCUT2D eigenvalue weighted by molar-refractivity contribution is -0.197. The van der Waals surface area contributed by atoms with Gasteiger partial charge in [0.1, 0.15) is 6.04 Å². The van der Waals surface area contributed by atoms with Crippen LogP contribution < -0.4 is 5.73 Å². The molecule has 4 unspecified atom stereocenters. The predicted molar refractivity (Wildman–Crippen MR) is 94.6 cm³/mol. The molecular formula is C19H24N4O4. The van der Waals surface area contributed by atoms with E-state index in [1.54, 1.807) is 25.3 Å². The SMILES string of the molecule is CC(C(N)=O)N1OC2C(=O)N(C3CCCCC3)C(=O)C2C1c1ccccn1. The first-order valence-electron chi connectivity index (χ1n) is 9.53. The van der Waals surface area contributed by atoms with Gasteiger partial charge in [-0.1, -0.05) is 25.3 Å². The monoisotopic (exact) mass is 372 g/mol. The number of aromatic nitrogens is 1. The van der Waals surface area contributed by atoms with Gasteiger partial charge in [0.05, 0.1) is 17.7 Å². The van der Waals surface area contributed by atoms with E-state index in [9.17, 15) is 14.4 Å². The molecule has 3 amide bonds. The van der Waals surface area contributed by atoms with E-state index in [1.807, 2.05) is 6.07 Å². The van der Waals surface area contributed by atoms with E-state index in [2.05, 4.69) is 4.98 Å². The molecule has 8 nitrogen and oxygen atoms in total. The van der Waals surface area contributed by atoms with Crippen molar-refractivity contribution in [2.45, 2.75) is 63.3 Å². The topological polar surface area (TPSA) is 106 Å². The average molecular weight is 372 g/mol. The Morgan fingerprint density at radius 2 is 1.96 bits per heavy atom. The van der Waals surface area contributed by atoms with Gasteiger partial charge in [0, 0.05) is 12.2 Å². The van der Waals surface area contributed by atoms with Crippen LogP contribution in [-0.2, 0) is 19.2 Å². The molecule has 4 rings (SSSR count). The van der Waals surface area contributed by atoms with E-state index in [0.717, 1.165) is 32.1 Å². The van der Waals surface area contributed by atoms with E-state index in [-0.39, 0.29) is 17.9 Å². The second-order valence-electron chi connectivity index (χ2n) is 7.53. The number of amides is 3. The minimum Gasteiger partial charge on any atom is -0.368 e. The number of nitrogens with zero attached hydrogens (tertiary/aromatic N) is 3. The summed E-state index contributed by atoms with van der Waals surface area (Å²) in [4.78, 5) is 49.7. The Hall–Kier alpha value is -2.32. The highest BCUT2D eigenvalue weighted by Gasteiger charge is 2.62. The molecule has 27 heavy (non-hydrogen) atoms. The Bertz CT molecular complexity index is 749. The Morgan fingerprint density at radius 3 is 2.59 bits per heavy atom.